The first-order valence-corrected chi connectivity index (χ1v) is 8.35. The number of nitrogens with zero attached hydrogens (tertiary/aromatic N) is 3. The Balaban J connectivity index is 2.78. The monoisotopic (exact) mass is 425 g/mol. The maximum Gasteiger partial charge on any atom is 0.272 e. The summed E-state index contributed by atoms with van der Waals surface area (Å²) in [5.41, 5.74) is 0.367. The fourth-order valence-electron chi connectivity index (χ4n) is 2.59. The van der Waals surface area contributed by atoms with Crippen molar-refractivity contribution in [1.29, 1.82) is 5.26 Å². The summed E-state index contributed by atoms with van der Waals surface area (Å²) < 4.78 is 5.17. The van der Waals surface area contributed by atoms with Crippen molar-refractivity contribution < 1.29 is 14.8 Å². The van der Waals surface area contributed by atoms with Crippen molar-refractivity contribution in [3.63, 3.8) is 0 Å². The Morgan fingerprint density at radius 3 is 2.30 bits per heavy atom. The van der Waals surface area contributed by atoms with Gasteiger partial charge in [0.25, 0.3) is 5.69 Å². The van der Waals surface area contributed by atoms with Crippen molar-refractivity contribution in [2.45, 2.75) is 13.0 Å². The predicted octanol–water partition coefficient (Wildman–Crippen LogP) is 5.07. The average Bonchev–Trinajstić information content (AvgIpc) is 2.63. The number of aliphatic hydroxyl groups excluding tert-OH is 1. The van der Waals surface area contributed by atoms with Crippen LogP contribution in [0.15, 0.2) is 12.1 Å². The van der Waals surface area contributed by atoms with E-state index in [1.54, 1.807) is 0 Å². The van der Waals surface area contributed by atoms with E-state index in [0.29, 0.717) is 5.56 Å². The number of hydrogen-bond donors (Lipinski definition) is 1. The highest BCUT2D eigenvalue weighted by atomic mass is 35.5. The first-order chi connectivity index (χ1) is 12.8. The highest BCUT2D eigenvalue weighted by Gasteiger charge is 2.25. The second-order valence-corrected chi connectivity index (χ2v) is 6.42. The molecule has 0 fully saturated rings. The number of non-ortho nitro benzene ring substituents is 1. The van der Waals surface area contributed by atoms with Gasteiger partial charge in [0.2, 0.25) is 5.69 Å². The molecule has 10 heteroatoms. The molecule has 0 aliphatic rings. The lowest BCUT2D eigenvalue weighted by molar-refractivity contribution is -0.384. The molecule has 0 heterocycles. The van der Waals surface area contributed by atoms with E-state index in [4.69, 9.17) is 46.1 Å². The zero-order valence-electron chi connectivity index (χ0n) is 13.7. The van der Waals surface area contributed by atoms with Crippen LogP contribution in [0.2, 0.25) is 15.1 Å². The molecule has 0 aliphatic carbocycles. The summed E-state index contributed by atoms with van der Waals surface area (Å²) in [5, 5.41) is 30.0. The summed E-state index contributed by atoms with van der Waals surface area (Å²) in [7, 11) is 1.29. The molecule has 138 valence electrons. The van der Waals surface area contributed by atoms with E-state index in [1.165, 1.54) is 7.11 Å². The van der Waals surface area contributed by atoms with Crippen LogP contribution in [0, 0.1) is 28.0 Å². The number of nitro groups is 1. The van der Waals surface area contributed by atoms with E-state index < -0.39 is 11.5 Å². The lowest BCUT2D eigenvalue weighted by atomic mass is 9.94. The molecule has 0 bridgehead atoms. The van der Waals surface area contributed by atoms with Crippen LogP contribution in [-0.4, -0.2) is 17.1 Å². The minimum atomic E-state index is -0.632. The van der Waals surface area contributed by atoms with E-state index in [9.17, 15) is 20.5 Å². The number of aliphatic hydroxyl groups is 1. The fraction of sp³-hybridized carbons (Fsp3) is 0.176. The average molecular weight is 427 g/mol. The van der Waals surface area contributed by atoms with Crippen molar-refractivity contribution in [1.82, 2.24) is 0 Å². The van der Waals surface area contributed by atoms with Gasteiger partial charge in [0, 0.05) is 12.1 Å². The minimum absolute atomic E-state index is 0.0204. The highest BCUT2D eigenvalue weighted by molar-refractivity contribution is 6.36. The molecule has 2 aromatic rings. The van der Waals surface area contributed by atoms with E-state index >= 15 is 0 Å². The van der Waals surface area contributed by atoms with Crippen molar-refractivity contribution in [2.24, 2.45) is 0 Å². The van der Waals surface area contributed by atoms with Gasteiger partial charge in [0.15, 0.2) is 0 Å². The van der Waals surface area contributed by atoms with Crippen LogP contribution in [0.3, 0.4) is 0 Å². The van der Waals surface area contributed by atoms with Crippen LogP contribution < -0.4 is 4.74 Å². The SMILES string of the molecule is [C-]#[N+]c1c(Cc2c(Cl)cc([N+](=O)[O-])cc2Cl)c(CO)c(Cl)c(C#N)c1OC. The molecular weight excluding hydrogens is 417 g/mol. The maximum atomic E-state index is 10.9. The molecule has 0 saturated heterocycles. The molecule has 0 aromatic heterocycles. The summed E-state index contributed by atoms with van der Waals surface area (Å²) >= 11 is 18.5. The molecule has 0 atom stereocenters. The number of nitro benzene ring substituents is 1. The van der Waals surface area contributed by atoms with Gasteiger partial charge in [-0.2, -0.15) is 5.26 Å². The Kier molecular flexibility index (Phi) is 6.48. The number of hydrogen-bond acceptors (Lipinski definition) is 5. The molecule has 0 unspecified atom stereocenters. The largest absolute Gasteiger partial charge is 0.506 e. The Morgan fingerprint density at radius 2 is 1.89 bits per heavy atom. The summed E-state index contributed by atoms with van der Waals surface area (Å²) in [6.07, 6.45) is -0.0505. The quantitative estimate of drug-likeness (QED) is 0.409. The second kappa shape index (κ2) is 8.43. The first kappa shape index (κ1) is 20.8. The minimum Gasteiger partial charge on any atom is -0.506 e. The van der Waals surface area contributed by atoms with Gasteiger partial charge >= 0.3 is 0 Å². The number of rotatable bonds is 5. The maximum absolute atomic E-state index is 10.9. The van der Waals surface area contributed by atoms with Crippen molar-refractivity contribution in [2.75, 3.05) is 7.11 Å². The van der Waals surface area contributed by atoms with Crippen molar-refractivity contribution in [3.05, 3.63) is 71.0 Å². The van der Waals surface area contributed by atoms with Gasteiger partial charge in [-0.05, 0) is 23.1 Å². The zero-order chi connectivity index (χ0) is 20.3. The Morgan fingerprint density at radius 1 is 1.30 bits per heavy atom. The van der Waals surface area contributed by atoms with Crippen LogP contribution in [0.5, 0.6) is 5.75 Å². The Hall–Kier alpha value is -2.55. The number of halogens is 3. The van der Waals surface area contributed by atoms with E-state index in [-0.39, 0.29) is 55.3 Å². The van der Waals surface area contributed by atoms with E-state index in [2.05, 4.69) is 4.85 Å². The number of nitriles is 1. The van der Waals surface area contributed by atoms with Gasteiger partial charge in [0.1, 0.15) is 17.4 Å². The molecule has 0 amide bonds. The van der Waals surface area contributed by atoms with Gasteiger partial charge in [-0.25, -0.2) is 4.85 Å². The van der Waals surface area contributed by atoms with Gasteiger partial charge in [-0.1, -0.05) is 34.8 Å². The summed E-state index contributed by atoms with van der Waals surface area (Å²) in [6.45, 7) is 6.92. The standard InChI is InChI=1S/C17H10Cl3N3O4/c1-22-16-9(12(7-24)15(20)11(6-21)17(16)27-2)5-10-13(18)3-8(23(25)26)4-14(10)19/h3-4,24H,5,7H2,2H3. The second-order valence-electron chi connectivity index (χ2n) is 5.23. The normalized spacial score (nSPS) is 10.2. The summed E-state index contributed by atoms with van der Waals surface area (Å²) in [5.74, 6) is -0.0288. The lowest BCUT2D eigenvalue weighted by Crippen LogP contribution is -2.04. The summed E-state index contributed by atoms with van der Waals surface area (Å²) in [4.78, 5) is 13.7. The van der Waals surface area contributed by atoms with Crippen LogP contribution in [-0.2, 0) is 13.0 Å². The number of benzene rings is 2. The third-order valence-electron chi connectivity index (χ3n) is 3.85. The lowest BCUT2D eigenvalue weighted by Gasteiger charge is -2.18. The van der Waals surface area contributed by atoms with Gasteiger partial charge < -0.3 is 9.84 Å². The molecule has 0 saturated carbocycles. The van der Waals surface area contributed by atoms with Crippen LogP contribution in [0.25, 0.3) is 4.85 Å². The number of ether oxygens (including phenoxy) is 1. The predicted molar refractivity (Wildman–Crippen MR) is 101 cm³/mol. The molecule has 0 spiro atoms. The van der Waals surface area contributed by atoms with Crippen LogP contribution >= 0.6 is 34.8 Å². The van der Waals surface area contributed by atoms with Crippen molar-refractivity contribution >= 4 is 46.2 Å². The molecule has 0 aliphatic heterocycles. The molecule has 7 nitrogen and oxygen atoms in total. The smallest absolute Gasteiger partial charge is 0.272 e. The van der Waals surface area contributed by atoms with Gasteiger partial charge in [0.05, 0.1) is 40.3 Å². The molecule has 27 heavy (non-hydrogen) atoms. The molecule has 2 rings (SSSR count). The van der Waals surface area contributed by atoms with E-state index in [0.717, 1.165) is 12.1 Å². The molecule has 1 N–H and O–H groups in total. The summed E-state index contributed by atoms with van der Waals surface area (Å²) in [6, 6.07) is 4.14. The topological polar surface area (TPSA) is 101 Å². The fourth-order valence-corrected chi connectivity index (χ4v) is 3.51. The zero-order valence-corrected chi connectivity index (χ0v) is 16.0. The Bertz CT molecular complexity index is 1000. The number of methoxy groups -OCH3 is 1. The third kappa shape index (κ3) is 3.78. The molecule has 2 aromatic carbocycles. The van der Waals surface area contributed by atoms with Gasteiger partial charge in [-0.15, -0.1) is 0 Å². The van der Waals surface area contributed by atoms with Crippen LogP contribution in [0.1, 0.15) is 22.3 Å². The molecular formula is C17H10Cl3N3O4. The molecule has 0 radical (unpaired) electrons. The van der Waals surface area contributed by atoms with Crippen molar-refractivity contribution in [3.8, 4) is 11.8 Å². The Labute approximate surface area is 169 Å². The first-order valence-electron chi connectivity index (χ1n) is 7.22. The van der Waals surface area contributed by atoms with Gasteiger partial charge in [-0.3, -0.25) is 10.1 Å². The highest BCUT2D eigenvalue weighted by Crippen LogP contribution is 2.44. The van der Waals surface area contributed by atoms with Crippen LogP contribution in [0.4, 0.5) is 11.4 Å². The third-order valence-corrected chi connectivity index (χ3v) is 4.94. The van der Waals surface area contributed by atoms with E-state index in [1.807, 2.05) is 6.07 Å².